The van der Waals surface area contributed by atoms with Crippen LogP contribution >= 0.6 is 0 Å². The fraction of sp³-hybridized carbons (Fsp3) is 0.0833. The van der Waals surface area contributed by atoms with Crippen LogP contribution in [0.5, 0.6) is 0 Å². The van der Waals surface area contributed by atoms with Crippen molar-refractivity contribution in [1.29, 1.82) is 0 Å². The van der Waals surface area contributed by atoms with Crippen molar-refractivity contribution in [2.45, 2.75) is 6.61 Å². The summed E-state index contributed by atoms with van der Waals surface area (Å²) in [6.07, 6.45) is 6.47. The fourth-order valence-electron chi connectivity index (χ4n) is 3.10. The Hall–Kier alpha value is -5.13. The van der Waals surface area contributed by atoms with Crippen LogP contribution in [0.1, 0.15) is 5.56 Å². The SMILES string of the molecule is C=CC(=O)Nc1cccc(N(C(=O)OCc2ccc(F)nc2)c2ccnc(Nc3cnn(C)c3)n2)c1. The molecular formula is C24H21FN8O3. The highest BCUT2D eigenvalue weighted by Gasteiger charge is 2.22. The van der Waals surface area contributed by atoms with E-state index in [0.717, 1.165) is 6.08 Å². The van der Waals surface area contributed by atoms with E-state index in [1.165, 1.54) is 35.5 Å². The molecule has 1 aromatic carbocycles. The number of nitrogens with one attached hydrogen (secondary N) is 2. The van der Waals surface area contributed by atoms with Gasteiger partial charge in [-0.05, 0) is 36.4 Å². The number of carbonyl (C=O) groups excluding carboxylic acids is 2. The van der Waals surface area contributed by atoms with E-state index in [0.29, 0.717) is 22.6 Å². The zero-order valence-electron chi connectivity index (χ0n) is 19.1. The van der Waals surface area contributed by atoms with Gasteiger partial charge in [-0.2, -0.15) is 14.5 Å². The van der Waals surface area contributed by atoms with E-state index in [-0.39, 0.29) is 18.4 Å². The summed E-state index contributed by atoms with van der Waals surface area (Å²) in [5.41, 5.74) is 1.95. The van der Waals surface area contributed by atoms with Crippen LogP contribution < -0.4 is 15.5 Å². The molecule has 0 saturated carbocycles. The standard InChI is InChI=1S/C24H21FN8O3/c1-3-22(34)29-17-5-4-6-19(11-17)33(24(35)36-15-16-7-8-20(25)27-12-16)21-9-10-26-23(31-21)30-18-13-28-32(2)14-18/h3-14H,1,15H2,2H3,(H,29,34)(H,26,30,31). The van der Waals surface area contributed by atoms with Gasteiger partial charge in [0.1, 0.15) is 12.4 Å². The highest BCUT2D eigenvalue weighted by molar-refractivity contribution is 6.00. The zero-order chi connectivity index (χ0) is 25.5. The van der Waals surface area contributed by atoms with Crippen molar-refractivity contribution in [1.82, 2.24) is 24.7 Å². The molecule has 2 amide bonds. The number of rotatable bonds is 8. The summed E-state index contributed by atoms with van der Waals surface area (Å²) in [4.78, 5) is 38.5. The average molecular weight is 488 g/mol. The number of amides is 2. The van der Waals surface area contributed by atoms with Crippen LogP contribution in [0.25, 0.3) is 0 Å². The molecule has 0 aliphatic heterocycles. The van der Waals surface area contributed by atoms with Gasteiger partial charge >= 0.3 is 6.09 Å². The molecule has 0 spiro atoms. The van der Waals surface area contributed by atoms with Crippen molar-refractivity contribution in [2.24, 2.45) is 7.05 Å². The van der Waals surface area contributed by atoms with Crippen LogP contribution in [0.2, 0.25) is 0 Å². The first-order valence-corrected chi connectivity index (χ1v) is 10.6. The number of benzene rings is 1. The van der Waals surface area contributed by atoms with E-state index in [1.807, 2.05) is 0 Å². The minimum atomic E-state index is -0.766. The van der Waals surface area contributed by atoms with Crippen molar-refractivity contribution in [3.8, 4) is 0 Å². The number of anilines is 5. The number of pyridine rings is 1. The third-order valence-electron chi connectivity index (χ3n) is 4.72. The highest BCUT2D eigenvalue weighted by Crippen LogP contribution is 2.28. The third kappa shape index (κ3) is 6.05. The molecule has 3 aromatic heterocycles. The molecule has 12 heteroatoms. The Morgan fingerprint density at radius 2 is 2.03 bits per heavy atom. The van der Waals surface area contributed by atoms with Crippen LogP contribution in [-0.4, -0.2) is 36.7 Å². The molecule has 0 atom stereocenters. The Kier molecular flexibility index (Phi) is 7.25. The summed E-state index contributed by atoms with van der Waals surface area (Å²) in [7, 11) is 1.77. The Bertz CT molecular complexity index is 1390. The van der Waals surface area contributed by atoms with Gasteiger partial charge in [0, 0.05) is 43.0 Å². The molecule has 0 aliphatic rings. The second-order valence-electron chi connectivity index (χ2n) is 7.39. The van der Waals surface area contributed by atoms with Gasteiger partial charge in [-0.25, -0.2) is 19.7 Å². The van der Waals surface area contributed by atoms with Gasteiger partial charge in [-0.1, -0.05) is 12.6 Å². The Labute approximate surface area is 205 Å². The number of halogens is 1. The normalized spacial score (nSPS) is 10.4. The maximum absolute atomic E-state index is 13.3. The number of hydrogen-bond acceptors (Lipinski definition) is 8. The molecule has 0 unspecified atom stereocenters. The minimum Gasteiger partial charge on any atom is -0.444 e. The van der Waals surface area contributed by atoms with Gasteiger partial charge in [0.05, 0.1) is 17.6 Å². The van der Waals surface area contributed by atoms with Crippen molar-refractivity contribution in [3.05, 3.63) is 91.4 Å². The first kappa shape index (κ1) is 24.0. The van der Waals surface area contributed by atoms with Crippen molar-refractivity contribution < 1.29 is 18.7 Å². The van der Waals surface area contributed by atoms with Gasteiger partial charge < -0.3 is 15.4 Å². The van der Waals surface area contributed by atoms with Gasteiger partial charge in [0.2, 0.25) is 17.8 Å². The molecular weight excluding hydrogens is 467 g/mol. The van der Waals surface area contributed by atoms with Gasteiger partial charge in [0.15, 0.2) is 0 Å². The van der Waals surface area contributed by atoms with Crippen LogP contribution in [0.3, 0.4) is 0 Å². The lowest BCUT2D eigenvalue weighted by Crippen LogP contribution is -2.28. The lowest BCUT2D eigenvalue weighted by atomic mass is 10.2. The molecule has 11 nitrogen and oxygen atoms in total. The van der Waals surface area contributed by atoms with Crippen molar-refractivity contribution in [2.75, 3.05) is 15.5 Å². The third-order valence-corrected chi connectivity index (χ3v) is 4.72. The lowest BCUT2D eigenvalue weighted by Gasteiger charge is -2.22. The smallest absolute Gasteiger partial charge is 0.420 e. The molecule has 36 heavy (non-hydrogen) atoms. The molecule has 0 aliphatic carbocycles. The van der Waals surface area contributed by atoms with E-state index < -0.39 is 17.9 Å². The lowest BCUT2D eigenvalue weighted by molar-refractivity contribution is -0.111. The van der Waals surface area contributed by atoms with E-state index in [4.69, 9.17) is 4.74 Å². The largest absolute Gasteiger partial charge is 0.444 e. The number of aryl methyl sites for hydroxylation is 1. The zero-order valence-corrected chi connectivity index (χ0v) is 19.1. The summed E-state index contributed by atoms with van der Waals surface area (Å²) >= 11 is 0. The summed E-state index contributed by atoms with van der Waals surface area (Å²) in [6.45, 7) is 3.29. The monoisotopic (exact) mass is 488 g/mol. The number of carbonyl (C=O) groups is 2. The number of hydrogen-bond donors (Lipinski definition) is 2. The number of aromatic nitrogens is 5. The first-order chi connectivity index (χ1) is 17.4. The molecule has 0 radical (unpaired) electrons. The summed E-state index contributed by atoms with van der Waals surface area (Å²) in [6, 6.07) is 10.7. The fourth-order valence-corrected chi connectivity index (χ4v) is 3.10. The van der Waals surface area contributed by atoms with Gasteiger partial charge in [-0.15, -0.1) is 0 Å². The maximum Gasteiger partial charge on any atom is 0.420 e. The van der Waals surface area contributed by atoms with E-state index in [1.54, 1.807) is 48.4 Å². The topological polar surface area (TPSA) is 127 Å². The van der Waals surface area contributed by atoms with Crippen molar-refractivity contribution in [3.63, 3.8) is 0 Å². The summed E-state index contributed by atoms with van der Waals surface area (Å²) in [5, 5.41) is 9.76. The summed E-state index contributed by atoms with van der Waals surface area (Å²) in [5.74, 6) is -0.627. The Balaban J connectivity index is 1.65. The molecule has 3 heterocycles. The van der Waals surface area contributed by atoms with E-state index in [2.05, 4.69) is 37.3 Å². The van der Waals surface area contributed by atoms with Crippen LogP contribution in [0, 0.1) is 5.95 Å². The van der Waals surface area contributed by atoms with Gasteiger partial charge in [0.25, 0.3) is 0 Å². The number of nitrogens with zero attached hydrogens (tertiary/aromatic N) is 6. The Morgan fingerprint density at radius 1 is 1.17 bits per heavy atom. The minimum absolute atomic E-state index is 0.151. The molecule has 182 valence electrons. The van der Waals surface area contributed by atoms with Crippen molar-refractivity contribution >= 4 is 40.8 Å². The van der Waals surface area contributed by atoms with Gasteiger partial charge in [-0.3, -0.25) is 9.48 Å². The molecule has 4 aromatic rings. The average Bonchev–Trinajstić information content (AvgIpc) is 3.28. The predicted molar refractivity (Wildman–Crippen MR) is 130 cm³/mol. The summed E-state index contributed by atoms with van der Waals surface area (Å²) < 4.78 is 20.2. The van der Waals surface area contributed by atoms with E-state index in [9.17, 15) is 14.0 Å². The van der Waals surface area contributed by atoms with Crippen LogP contribution in [-0.2, 0) is 23.2 Å². The second-order valence-corrected chi connectivity index (χ2v) is 7.39. The number of ether oxygens (including phenoxy) is 1. The molecule has 4 rings (SSSR count). The molecule has 0 fully saturated rings. The maximum atomic E-state index is 13.3. The highest BCUT2D eigenvalue weighted by atomic mass is 19.1. The molecule has 0 bridgehead atoms. The second kappa shape index (κ2) is 10.9. The van der Waals surface area contributed by atoms with Crippen LogP contribution in [0.15, 0.2) is 79.9 Å². The quantitative estimate of drug-likeness (QED) is 0.281. The van der Waals surface area contributed by atoms with Crippen LogP contribution in [0.4, 0.5) is 38.0 Å². The molecule has 0 saturated heterocycles. The van der Waals surface area contributed by atoms with E-state index >= 15 is 0 Å². The molecule has 2 N–H and O–H groups in total. The Morgan fingerprint density at radius 3 is 2.75 bits per heavy atom. The first-order valence-electron chi connectivity index (χ1n) is 10.6. The predicted octanol–water partition coefficient (Wildman–Crippen LogP) is 4.09.